The molecule has 7 nitrogen and oxygen atoms in total. The van der Waals surface area contributed by atoms with Gasteiger partial charge in [0.05, 0.1) is 12.6 Å². The molecule has 1 heterocycles. The fourth-order valence-electron chi connectivity index (χ4n) is 3.53. The van der Waals surface area contributed by atoms with Crippen molar-refractivity contribution in [2.75, 3.05) is 0 Å². The lowest BCUT2D eigenvalue weighted by atomic mass is 10.00. The SMILES string of the molecule is O=C(O)CC(c1ccc(F)cc1)N(Cc1ccncc1)Cc1ccc(CP(=O)(O)O)cc1. The molecule has 3 N–H and O–H groups in total. The molecule has 0 aliphatic rings. The van der Waals surface area contributed by atoms with E-state index in [0.717, 1.165) is 11.1 Å². The minimum atomic E-state index is -4.16. The predicted molar refractivity (Wildman–Crippen MR) is 117 cm³/mol. The molecule has 2 aromatic carbocycles. The summed E-state index contributed by atoms with van der Waals surface area (Å²) in [4.78, 5) is 36.0. The molecule has 3 rings (SSSR count). The number of hydrogen-bond acceptors (Lipinski definition) is 4. The highest BCUT2D eigenvalue weighted by Gasteiger charge is 2.24. The Balaban J connectivity index is 1.91. The number of rotatable bonds is 10. The second-order valence-electron chi connectivity index (χ2n) is 7.56. The van der Waals surface area contributed by atoms with Crippen molar-refractivity contribution in [3.8, 4) is 0 Å². The van der Waals surface area contributed by atoms with Gasteiger partial charge in [-0.1, -0.05) is 36.4 Å². The molecule has 0 aliphatic heterocycles. The highest BCUT2D eigenvalue weighted by molar-refractivity contribution is 7.50. The lowest BCUT2D eigenvalue weighted by Gasteiger charge is -2.31. The van der Waals surface area contributed by atoms with E-state index in [0.29, 0.717) is 24.2 Å². The molecule has 0 aliphatic carbocycles. The van der Waals surface area contributed by atoms with Crippen molar-refractivity contribution in [1.82, 2.24) is 9.88 Å². The van der Waals surface area contributed by atoms with Gasteiger partial charge < -0.3 is 14.9 Å². The Kier molecular flexibility index (Phi) is 7.88. The van der Waals surface area contributed by atoms with Crippen molar-refractivity contribution in [2.45, 2.75) is 31.7 Å². The number of carboxylic acids is 1. The number of carboxylic acid groups (broad SMARTS) is 1. The molecule has 168 valence electrons. The summed E-state index contributed by atoms with van der Waals surface area (Å²) in [5, 5.41) is 9.54. The van der Waals surface area contributed by atoms with Gasteiger partial charge in [0.25, 0.3) is 0 Å². The molecule has 1 atom stereocenters. The Morgan fingerprint density at radius 1 is 0.906 bits per heavy atom. The topological polar surface area (TPSA) is 111 Å². The van der Waals surface area contributed by atoms with Gasteiger partial charge in [0.2, 0.25) is 0 Å². The van der Waals surface area contributed by atoms with Gasteiger partial charge in [-0.25, -0.2) is 4.39 Å². The number of carbonyl (C=O) groups is 1. The van der Waals surface area contributed by atoms with E-state index in [1.165, 1.54) is 12.1 Å². The summed E-state index contributed by atoms with van der Waals surface area (Å²) in [6.07, 6.45) is 2.81. The molecule has 32 heavy (non-hydrogen) atoms. The number of pyridine rings is 1. The standard InChI is InChI=1S/C23H24FN2O5P/c24-21-7-5-20(6-8-21)22(13-23(27)28)26(15-18-9-11-25-12-10-18)14-17-1-3-19(4-2-17)16-32(29,30)31/h1-12,22H,13-16H2,(H,27,28)(H2,29,30,31). The van der Waals surface area contributed by atoms with Crippen LogP contribution < -0.4 is 0 Å². The lowest BCUT2D eigenvalue weighted by Crippen LogP contribution is -2.30. The third kappa shape index (κ3) is 7.35. The van der Waals surface area contributed by atoms with Gasteiger partial charge in [-0.3, -0.25) is 19.2 Å². The highest BCUT2D eigenvalue weighted by Crippen LogP contribution is 2.39. The van der Waals surface area contributed by atoms with Crippen LogP contribution in [0.4, 0.5) is 4.39 Å². The van der Waals surface area contributed by atoms with E-state index >= 15 is 0 Å². The van der Waals surface area contributed by atoms with Gasteiger partial charge in [0, 0.05) is 31.5 Å². The van der Waals surface area contributed by atoms with Crippen molar-refractivity contribution in [3.05, 3.63) is 101 Å². The molecule has 0 amide bonds. The second-order valence-corrected chi connectivity index (χ2v) is 9.21. The van der Waals surface area contributed by atoms with Crippen molar-refractivity contribution in [3.63, 3.8) is 0 Å². The minimum Gasteiger partial charge on any atom is -0.481 e. The van der Waals surface area contributed by atoms with Crippen molar-refractivity contribution < 1.29 is 28.6 Å². The molecule has 0 fully saturated rings. The number of aliphatic carboxylic acids is 1. The summed E-state index contributed by atoms with van der Waals surface area (Å²) in [6.45, 7) is 0.815. The van der Waals surface area contributed by atoms with Gasteiger partial charge in [-0.2, -0.15) is 0 Å². The molecule has 0 spiro atoms. The Morgan fingerprint density at radius 2 is 1.44 bits per heavy atom. The zero-order valence-electron chi connectivity index (χ0n) is 17.2. The minimum absolute atomic E-state index is 0.174. The van der Waals surface area contributed by atoms with E-state index in [1.807, 2.05) is 17.0 Å². The van der Waals surface area contributed by atoms with Gasteiger partial charge in [0.1, 0.15) is 5.82 Å². The smallest absolute Gasteiger partial charge is 0.329 e. The molecule has 1 aromatic heterocycles. The summed E-state index contributed by atoms with van der Waals surface area (Å²) in [7, 11) is -4.16. The first-order valence-electron chi connectivity index (χ1n) is 9.92. The van der Waals surface area contributed by atoms with Crippen molar-refractivity contribution in [2.24, 2.45) is 0 Å². The van der Waals surface area contributed by atoms with Gasteiger partial charge in [0.15, 0.2) is 0 Å². The van der Waals surface area contributed by atoms with E-state index in [2.05, 4.69) is 4.98 Å². The van der Waals surface area contributed by atoms with Crippen LogP contribution in [-0.2, 0) is 28.6 Å². The maximum absolute atomic E-state index is 13.5. The Morgan fingerprint density at radius 3 is 1.97 bits per heavy atom. The number of aromatic nitrogens is 1. The van der Waals surface area contributed by atoms with Gasteiger partial charge >= 0.3 is 13.6 Å². The van der Waals surface area contributed by atoms with E-state index < -0.39 is 25.4 Å². The predicted octanol–water partition coefficient (Wildman–Crippen LogP) is 4.12. The summed E-state index contributed by atoms with van der Waals surface area (Å²) >= 11 is 0. The Labute approximate surface area is 185 Å². The van der Waals surface area contributed by atoms with Crippen LogP contribution in [-0.4, -0.2) is 30.7 Å². The Bertz CT molecular complexity index is 1070. The molecule has 0 saturated heterocycles. The van der Waals surface area contributed by atoms with E-state index in [-0.39, 0.29) is 12.6 Å². The average molecular weight is 458 g/mol. The number of hydrogen-bond donors (Lipinski definition) is 3. The first kappa shape index (κ1) is 23.8. The molecule has 0 saturated carbocycles. The van der Waals surface area contributed by atoms with E-state index in [4.69, 9.17) is 9.79 Å². The maximum atomic E-state index is 13.5. The molecule has 3 aromatic rings. The molecule has 9 heteroatoms. The Hall–Kier alpha value is -2.90. The fraction of sp³-hybridized carbons (Fsp3) is 0.217. The number of benzene rings is 2. The van der Waals surface area contributed by atoms with Crippen LogP contribution in [0.2, 0.25) is 0 Å². The van der Waals surface area contributed by atoms with Crippen molar-refractivity contribution in [1.29, 1.82) is 0 Å². The van der Waals surface area contributed by atoms with Crippen LogP contribution in [0.15, 0.2) is 73.1 Å². The molecule has 0 bridgehead atoms. The van der Waals surface area contributed by atoms with Crippen LogP contribution >= 0.6 is 7.60 Å². The van der Waals surface area contributed by atoms with Gasteiger partial charge in [-0.15, -0.1) is 0 Å². The highest BCUT2D eigenvalue weighted by atomic mass is 31.2. The molecular weight excluding hydrogens is 434 g/mol. The summed E-state index contributed by atoms with van der Waals surface area (Å²) < 4.78 is 24.7. The van der Waals surface area contributed by atoms with Crippen molar-refractivity contribution >= 4 is 13.6 Å². The first-order valence-corrected chi connectivity index (χ1v) is 11.7. The monoisotopic (exact) mass is 458 g/mol. The number of halogens is 1. The first-order chi connectivity index (χ1) is 15.2. The molecule has 1 unspecified atom stereocenters. The third-order valence-electron chi connectivity index (χ3n) is 5.00. The quantitative estimate of drug-likeness (QED) is 0.392. The average Bonchev–Trinajstić information content (AvgIpc) is 2.73. The largest absolute Gasteiger partial charge is 0.481 e. The zero-order valence-corrected chi connectivity index (χ0v) is 18.1. The second kappa shape index (κ2) is 10.6. The lowest BCUT2D eigenvalue weighted by molar-refractivity contribution is -0.138. The third-order valence-corrected chi connectivity index (χ3v) is 5.77. The van der Waals surface area contributed by atoms with Crippen LogP contribution in [0.25, 0.3) is 0 Å². The van der Waals surface area contributed by atoms with E-state index in [9.17, 15) is 18.9 Å². The maximum Gasteiger partial charge on any atom is 0.329 e. The van der Waals surface area contributed by atoms with Crippen LogP contribution in [0.3, 0.4) is 0 Å². The summed E-state index contributed by atoms with van der Waals surface area (Å²) in [6, 6.07) is 15.8. The van der Waals surface area contributed by atoms with Crippen LogP contribution in [0, 0.1) is 5.82 Å². The summed E-state index contributed by atoms with van der Waals surface area (Å²) in [5.41, 5.74) is 2.99. The molecular formula is C23H24FN2O5P. The van der Waals surface area contributed by atoms with Crippen LogP contribution in [0.5, 0.6) is 0 Å². The fourth-order valence-corrected chi connectivity index (χ4v) is 4.22. The molecule has 0 radical (unpaired) electrons. The number of nitrogens with zero attached hydrogens (tertiary/aromatic N) is 2. The normalized spacial score (nSPS) is 12.6. The zero-order chi connectivity index (χ0) is 23.1. The summed E-state index contributed by atoms with van der Waals surface area (Å²) in [5.74, 6) is -1.37. The van der Waals surface area contributed by atoms with Gasteiger partial charge in [-0.05, 0) is 46.5 Å². The van der Waals surface area contributed by atoms with Crippen LogP contribution in [0.1, 0.15) is 34.7 Å². The van der Waals surface area contributed by atoms with E-state index in [1.54, 1.807) is 48.8 Å².